The molecule has 1 amide bonds. The Morgan fingerprint density at radius 1 is 1.42 bits per heavy atom. The molecule has 2 aromatic rings. The largest absolute Gasteiger partial charge is 0.456 e. The lowest BCUT2D eigenvalue weighted by atomic mass is 10.2. The van der Waals surface area contributed by atoms with Crippen LogP contribution in [-0.2, 0) is 19.4 Å². The summed E-state index contributed by atoms with van der Waals surface area (Å²) in [5.41, 5.74) is 2.25. The minimum absolute atomic E-state index is 0.0548. The molecule has 1 saturated heterocycles. The number of hydrogen-bond donors (Lipinski definition) is 1. The lowest BCUT2D eigenvalue weighted by molar-refractivity contribution is 0.0763. The fourth-order valence-electron chi connectivity index (χ4n) is 3.19. The van der Waals surface area contributed by atoms with Crippen molar-refractivity contribution in [1.82, 2.24) is 20.0 Å². The van der Waals surface area contributed by atoms with Gasteiger partial charge in [0.05, 0.1) is 6.20 Å². The highest BCUT2D eigenvalue weighted by Gasteiger charge is 2.21. The highest BCUT2D eigenvalue weighted by Crippen LogP contribution is 2.21. The second-order valence-corrected chi connectivity index (χ2v) is 6.48. The van der Waals surface area contributed by atoms with E-state index in [-0.39, 0.29) is 5.91 Å². The van der Waals surface area contributed by atoms with Gasteiger partial charge in [-0.3, -0.25) is 14.8 Å². The highest BCUT2D eigenvalue weighted by atomic mass is 16.4. The third-order valence-electron chi connectivity index (χ3n) is 4.66. The van der Waals surface area contributed by atoms with Gasteiger partial charge < -0.3 is 9.32 Å². The lowest BCUT2D eigenvalue weighted by Gasteiger charge is -2.15. The molecule has 1 aliphatic rings. The van der Waals surface area contributed by atoms with Crippen molar-refractivity contribution in [2.45, 2.75) is 39.2 Å². The molecule has 2 aromatic heterocycles. The van der Waals surface area contributed by atoms with E-state index in [1.165, 1.54) is 12.8 Å². The Balaban J connectivity index is 1.63. The first-order chi connectivity index (χ1) is 11.7. The van der Waals surface area contributed by atoms with Gasteiger partial charge in [0, 0.05) is 38.3 Å². The van der Waals surface area contributed by atoms with Crippen LogP contribution in [0.3, 0.4) is 0 Å². The maximum atomic E-state index is 12.6. The minimum Gasteiger partial charge on any atom is -0.456 e. The van der Waals surface area contributed by atoms with Crippen molar-refractivity contribution in [3.63, 3.8) is 0 Å². The number of carbonyl (C=O) groups is 1. The number of H-pyrrole nitrogens is 1. The molecule has 0 atom stereocenters. The van der Waals surface area contributed by atoms with Crippen molar-refractivity contribution >= 4 is 5.91 Å². The van der Waals surface area contributed by atoms with E-state index in [1.807, 2.05) is 19.3 Å². The zero-order chi connectivity index (χ0) is 16.9. The molecule has 3 heterocycles. The van der Waals surface area contributed by atoms with Crippen molar-refractivity contribution in [2.75, 3.05) is 26.7 Å². The van der Waals surface area contributed by atoms with E-state index in [2.05, 4.69) is 22.0 Å². The molecule has 6 heteroatoms. The van der Waals surface area contributed by atoms with Crippen molar-refractivity contribution < 1.29 is 9.21 Å². The van der Waals surface area contributed by atoms with Crippen LogP contribution < -0.4 is 0 Å². The average Bonchev–Trinajstić information content (AvgIpc) is 3.34. The standard InChI is InChI=1S/C18H26N4O2/c1-3-16-15(13-22-7-4-5-8-22)10-17(24-16)18(23)21(2)9-6-14-11-19-20-12-14/h10-12H,3-9,13H2,1-2H3,(H,19,20). The first-order valence-corrected chi connectivity index (χ1v) is 8.74. The molecule has 130 valence electrons. The van der Waals surface area contributed by atoms with Crippen LogP contribution in [0.5, 0.6) is 0 Å². The number of rotatable bonds is 7. The van der Waals surface area contributed by atoms with Gasteiger partial charge in [-0.05, 0) is 44.0 Å². The van der Waals surface area contributed by atoms with E-state index in [9.17, 15) is 4.79 Å². The van der Waals surface area contributed by atoms with Crippen LogP contribution in [0.2, 0.25) is 0 Å². The number of amides is 1. The molecule has 3 rings (SSSR count). The molecular formula is C18H26N4O2. The molecule has 6 nitrogen and oxygen atoms in total. The number of aromatic amines is 1. The van der Waals surface area contributed by atoms with Crippen LogP contribution in [0.25, 0.3) is 0 Å². The van der Waals surface area contributed by atoms with Crippen molar-refractivity contribution in [2.24, 2.45) is 0 Å². The summed E-state index contributed by atoms with van der Waals surface area (Å²) < 4.78 is 5.86. The molecule has 0 bridgehead atoms. The number of nitrogens with one attached hydrogen (secondary N) is 1. The van der Waals surface area contributed by atoms with Gasteiger partial charge in [0.25, 0.3) is 5.91 Å². The van der Waals surface area contributed by atoms with E-state index in [0.717, 1.165) is 49.4 Å². The van der Waals surface area contributed by atoms with Gasteiger partial charge in [-0.2, -0.15) is 5.10 Å². The second kappa shape index (κ2) is 7.66. The molecule has 24 heavy (non-hydrogen) atoms. The molecule has 0 spiro atoms. The monoisotopic (exact) mass is 330 g/mol. The fraction of sp³-hybridized carbons (Fsp3) is 0.556. The van der Waals surface area contributed by atoms with Crippen LogP contribution in [0.4, 0.5) is 0 Å². The van der Waals surface area contributed by atoms with Gasteiger partial charge in [0.2, 0.25) is 0 Å². The number of carbonyl (C=O) groups excluding carboxylic acids is 1. The van der Waals surface area contributed by atoms with Gasteiger partial charge in [-0.1, -0.05) is 6.92 Å². The molecule has 0 aromatic carbocycles. The third kappa shape index (κ3) is 3.87. The fourth-order valence-corrected chi connectivity index (χ4v) is 3.19. The molecule has 0 unspecified atom stereocenters. The highest BCUT2D eigenvalue weighted by molar-refractivity contribution is 5.91. The van der Waals surface area contributed by atoms with E-state index in [1.54, 1.807) is 11.1 Å². The summed E-state index contributed by atoms with van der Waals surface area (Å²) in [5.74, 6) is 1.34. The Morgan fingerprint density at radius 2 is 2.21 bits per heavy atom. The SMILES string of the molecule is CCc1oc(C(=O)N(C)CCc2cn[nH]c2)cc1CN1CCCC1. The zero-order valence-corrected chi connectivity index (χ0v) is 14.5. The van der Waals surface area contributed by atoms with Crippen LogP contribution >= 0.6 is 0 Å². The lowest BCUT2D eigenvalue weighted by Crippen LogP contribution is -2.28. The first kappa shape index (κ1) is 16.8. The van der Waals surface area contributed by atoms with Gasteiger partial charge in [0.1, 0.15) is 5.76 Å². The first-order valence-electron chi connectivity index (χ1n) is 8.74. The predicted octanol–water partition coefficient (Wildman–Crippen LogP) is 2.48. The van der Waals surface area contributed by atoms with E-state index >= 15 is 0 Å². The van der Waals surface area contributed by atoms with Crippen molar-refractivity contribution in [1.29, 1.82) is 0 Å². The van der Waals surface area contributed by atoms with Gasteiger partial charge in [-0.25, -0.2) is 0 Å². The molecule has 1 N–H and O–H groups in total. The predicted molar refractivity (Wildman–Crippen MR) is 91.8 cm³/mol. The molecule has 1 aliphatic heterocycles. The topological polar surface area (TPSA) is 65.4 Å². The number of nitrogens with zero attached hydrogens (tertiary/aromatic N) is 3. The van der Waals surface area contributed by atoms with Crippen molar-refractivity contribution in [3.8, 4) is 0 Å². The maximum Gasteiger partial charge on any atom is 0.289 e. The summed E-state index contributed by atoms with van der Waals surface area (Å²) in [6.45, 7) is 5.88. The number of likely N-dealkylation sites (tertiary alicyclic amines) is 1. The summed E-state index contributed by atoms with van der Waals surface area (Å²) in [6, 6.07) is 1.94. The van der Waals surface area contributed by atoms with Crippen molar-refractivity contribution in [3.05, 3.63) is 41.1 Å². The van der Waals surface area contributed by atoms with E-state index < -0.39 is 0 Å². The molecular weight excluding hydrogens is 304 g/mol. The molecule has 0 saturated carbocycles. The maximum absolute atomic E-state index is 12.6. The Bertz CT molecular complexity index is 657. The van der Waals surface area contributed by atoms with Gasteiger partial charge >= 0.3 is 0 Å². The van der Waals surface area contributed by atoms with E-state index in [4.69, 9.17) is 4.42 Å². The zero-order valence-electron chi connectivity index (χ0n) is 14.5. The van der Waals surface area contributed by atoms with Crippen LogP contribution in [0, 0.1) is 0 Å². The normalized spacial score (nSPS) is 15.1. The summed E-state index contributed by atoms with van der Waals surface area (Å²) in [7, 11) is 1.82. The molecule has 0 radical (unpaired) electrons. The summed E-state index contributed by atoms with van der Waals surface area (Å²) in [5, 5.41) is 6.72. The summed E-state index contributed by atoms with van der Waals surface area (Å²) in [4.78, 5) is 16.8. The quantitative estimate of drug-likeness (QED) is 0.847. The number of aryl methyl sites for hydroxylation is 1. The Kier molecular flexibility index (Phi) is 5.35. The number of likely N-dealkylation sites (N-methyl/N-ethyl adjacent to an activating group) is 1. The summed E-state index contributed by atoms with van der Waals surface area (Å²) >= 11 is 0. The molecule has 0 aliphatic carbocycles. The number of furan rings is 1. The second-order valence-electron chi connectivity index (χ2n) is 6.48. The summed E-state index contributed by atoms with van der Waals surface area (Å²) in [6.07, 6.45) is 7.77. The minimum atomic E-state index is -0.0548. The molecule has 1 fully saturated rings. The number of hydrogen-bond acceptors (Lipinski definition) is 4. The average molecular weight is 330 g/mol. The Hall–Kier alpha value is -2.08. The third-order valence-corrected chi connectivity index (χ3v) is 4.66. The van der Waals surface area contributed by atoms with Gasteiger partial charge in [0.15, 0.2) is 5.76 Å². The van der Waals surface area contributed by atoms with Crippen LogP contribution in [0.1, 0.15) is 47.2 Å². The van der Waals surface area contributed by atoms with Crippen LogP contribution in [0.15, 0.2) is 22.9 Å². The van der Waals surface area contributed by atoms with E-state index in [0.29, 0.717) is 12.3 Å². The number of aromatic nitrogens is 2. The van der Waals surface area contributed by atoms with Gasteiger partial charge in [-0.15, -0.1) is 0 Å². The Morgan fingerprint density at radius 3 is 2.88 bits per heavy atom. The van der Waals surface area contributed by atoms with Crippen LogP contribution in [-0.4, -0.2) is 52.6 Å². The Labute approximate surface area is 142 Å². The smallest absolute Gasteiger partial charge is 0.289 e.